The second kappa shape index (κ2) is 8.52. The first-order valence-electron chi connectivity index (χ1n) is 10.3. The third-order valence-electron chi connectivity index (χ3n) is 6.10. The van der Waals surface area contributed by atoms with Gasteiger partial charge in [0.2, 0.25) is 11.9 Å². The topological polar surface area (TPSA) is 102 Å². The molecule has 2 aliphatic rings. The number of hydrogen-bond acceptors (Lipinski definition) is 6. The minimum Gasteiger partial charge on any atom is -0.339 e. The third kappa shape index (κ3) is 3.58. The minimum absolute atomic E-state index is 0.268. The molecule has 0 radical (unpaired) electrons. The van der Waals surface area contributed by atoms with Crippen molar-refractivity contribution in [1.29, 1.82) is 5.26 Å². The first kappa shape index (κ1) is 20.5. The monoisotopic (exact) mass is 423 g/mol. The zero-order chi connectivity index (χ0) is 21.3. The molecule has 1 aromatic heterocycles. The van der Waals surface area contributed by atoms with Gasteiger partial charge in [-0.1, -0.05) is 19.1 Å². The van der Waals surface area contributed by atoms with Crippen molar-refractivity contribution in [3.8, 4) is 6.07 Å². The second-order valence-corrected chi connectivity index (χ2v) is 8.63. The fourth-order valence-electron chi connectivity index (χ4n) is 4.51. The van der Waals surface area contributed by atoms with Crippen molar-refractivity contribution in [3.05, 3.63) is 45.7 Å². The molecule has 2 aromatic rings. The highest BCUT2D eigenvalue weighted by Gasteiger charge is 2.40. The molecule has 4 rings (SSSR count). The number of benzene rings is 1. The van der Waals surface area contributed by atoms with Gasteiger partial charge in [0.1, 0.15) is 11.7 Å². The summed E-state index contributed by atoms with van der Waals surface area (Å²) < 4.78 is 0. The summed E-state index contributed by atoms with van der Waals surface area (Å²) in [7, 11) is 0. The van der Waals surface area contributed by atoms with Gasteiger partial charge in [0.25, 0.3) is 5.56 Å². The number of aromatic nitrogens is 2. The predicted molar refractivity (Wildman–Crippen MR) is 118 cm³/mol. The lowest BCUT2D eigenvalue weighted by molar-refractivity contribution is -0.119. The molecule has 1 saturated heterocycles. The molecule has 2 N–H and O–H groups in total. The SMILES string of the molecule is CCC1CCCCN1c1nc2c(c(=O)[nH]1)C(c1ccc(SC)cc1)C(C#N)C(=O)N2. The summed E-state index contributed by atoms with van der Waals surface area (Å²) in [6.07, 6.45) is 6.22. The number of piperidine rings is 1. The number of fused-ring (bicyclic) bond motifs is 1. The number of amides is 1. The number of nitrogens with zero attached hydrogens (tertiary/aromatic N) is 3. The van der Waals surface area contributed by atoms with Gasteiger partial charge in [-0.25, -0.2) is 0 Å². The Morgan fingerprint density at radius 1 is 1.27 bits per heavy atom. The first-order valence-corrected chi connectivity index (χ1v) is 11.5. The van der Waals surface area contributed by atoms with Crippen LogP contribution in [0.2, 0.25) is 0 Å². The van der Waals surface area contributed by atoms with Crippen LogP contribution in [0.1, 0.15) is 49.7 Å². The van der Waals surface area contributed by atoms with Crippen LogP contribution in [-0.4, -0.2) is 34.7 Å². The van der Waals surface area contributed by atoms with Gasteiger partial charge in [-0.2, -0.15) is 10.2 Å². The second-order valence-electron chi connectivity index (χ2n) is 7.75. The Morgan fingerprint density at radius 3 is 2.70 bits per heavy atom. The zero-order valence-electron chi connectivity index (χ0n) is 17.1. The van der Waals surface area contributed by atoms with Gasteiger partial charge >= 0.3 is 0 Å². The van der Waals surface area contributed by atoms with Gasteiger partial charge in [-0.05, 0) is 49.6 Å². The number of aromatic amines is 1. The van der Waals surface area contributed by atoms with Crippen molar-refractivity contribution in [2.75, 3.05) is 23.0 Å². The predicted octanol–water partition coefficient (Wildman–Crippen LogP) is 3.48. The van der Waals surface area contributed by atoms with E-state index in [0.29, 0.717) is 17.6 Å². The van der Waals surface area contributed by atoms with E-state index >= 15 is 0 Å². The lowest BCUT2D eigenvalue weighted by Crippen LogP contribution is -2.43. The number of anilines is 2. The largest absolute Gasteiger partial charge is 0.339 e. The minimum atomic E-state index is -0.982. The average Bonchev–Trinajstić information content (AvgIpc) is 2.78. The fourth-order valence-corrected chi connectivity index (χ4v) is 4.92. The molecule has 1 aromatic carbocycles. The Balaban J connectivity index is 1.81. The van der Waals surface area contributed by atoms with Crippen LogP contribution in [0.4, 0.5) is 11.8 Å². The van der Waals surface area contributed by atoms with E-state index in [0.717, 1.165) is 36.3 Å². The Hall–Kier alpha value is -2.79. The molecule has 1 fully saturated rings. The van der Waals surface area contributed by atoms with Crippen LogP contribution < -0.4 is 15.8 Å². The maximum Gasteiger partial charge on any atom is 0.258 e. The standard InChI is InChI=1S/C22H25N5O2S/c1-3-14-6-4-5-11-27(14)22-25-19-18(21(29)26-22)17(16(12-23)20(28)24-19)13-7-9-15(30-2)10-8-13/h7-10,14,16-17H,3-6,11H2,1-2H3,(H2,24,25,26,28,29). The molecule has 156 valence electrons. The molecule has 8 heteroatoms. The molecule has 1 amide bonds. The van der Waals surface area contributed by atoms with Crippen LogP contribution in [0.3, 0.4) is 0 Å². The van der Waals surface area contributed by atoms with Crippen molar-refractivity contribution in [1.82, 2.24) is 9.97 Å². The van der Waals surface area contributed by atoms with Gasteiger partial charge in [-0.15, -0.1) is 11.8 Å². The van der Waals surface area contributed by atoms with Gasteiger partial charge in [-0.3, -0.25) is 14.6 Å². The lowest BCUT2D eigenvalue weighted by Gasteiger charge is -2.36. The molecule has 0 bridgehead atoms. The van der Waals surface area contributed by atoms with Crippen LogP contribution in [0.15, 0.2) is 34.0 Å². The van der Waals surface area contributed by atoms with Crippen LogP contribution in [0.5, 0.6) is 0 Å². The Bertz CT molecular complexity index is 1040. The van der Waals surface area contributed by atoms with E-state index in [4.69, 9.17) is 0 Å². The molecule has 0 saturated carbocycles. The lowest BCUT2D eigenvalue weighted by atomic mass is 9.79. The van der Waals surface area contributed by atoms with Crippen LogP contribution in [0, 0.1) is 17.2 Å². The molecule has 0 spiro atoms. The van der Waals surface area contributed by atoms with E-state index in [1.54, 1.807) is 11.8 Å². The fraction of sp³-hybridized carbons (Fsp3) is 0.455. The van der Waals surface area contributed by atoms with Gasteiger partial charge in [0, 0.05) is 23.4 Å². The van der Waals surface area contributed by atoms with E-state index in [-0.39, 0.29) is 11.4 Å². The van der Waals surface area contributed by atoms with Crippen molar-refractivity contribution in [3.63, 3.8) is 0 Å². The van der Waals surface area contributed by atoms with E-state index in [2.05, 4.69) is 33.2 Å². The quantitative estimate of drug-likeness (QED) is 0.730. The van der Waals surface area contributed by atoms with Gasteiger partial charge < -0.3 is 10.2 Å². The number of thioether (sulfide) groups is 1. The third-order valence-corrected chi connectivity index (χ3v) is 6.84. The maximum atomic E-state index is 13.2. The molecule has 3 unspecified atom stereocenters. The number of nitrogens with one attached hydrogen (secondary N) is 2. The average molecular weight is 424 g/mol. The number of rotatable bonds is 4. The summed E-state index contributed by atoms with van der Waals surface area (Å²) in [5.41, 5.74) is 0.821. The summed E-state index contributed by atoms with van der Waals surface area (Å²) in [5.74, 6) is -1.28. The highest BCUT2D eigenvalue weighted by Crippen LogP contribution is 2.39. The van der Waals surface area contributed by atoms with Crippen LogP contribution >= 0.6 is 11.8 Å². The highest BCUT2D eigenvalue weighted by molar-refractivity contribution is 7.98. The molecular weight excluding hydrogens is 398 g/mol. The highest BCUT2D eigenvalue weighted by atomic mass is 32.2. The number of carbonyl (C=O) groups excluding carboxylic acids is 1. The van der Waals surface area contributed by atoms with Gasteiger partial charge in [0.05, 0.1) is 11.6 Å². The summed E-state index contributed by atoms with van der Waals surface area (Å²) in [6.45, 7) is 2.96. The molecule has 3 atom stereocenters. The maximum absolute atomic E-state index is 13.2. The Morgan fingerprint density at radius 2 is 2.03 bits per heavy atom. The molecule has 30 heavy (non-hydrogen) atoms. The summed E-state index contributed by atoms with van der Waals surface area (Å²) in [6, 6.07) is 10.1. The number of nitriles is 1. The van der Waals surface area contributed by atoms with Crippen LogP contribution in [0.25, 0.3) is 0 Å². The summed E-state index contributed by atoms with van der Waals surface area (Å²) in [4.78, 5) is 36.7. The normalized spacial score (nSPS) is 23.4. The molecular formula is C22H25N5O2S. The summed E-state index contributed by atoms with van der Waals surface area (Å²) in [5, 5.41) is 12.4. The van der Waals surface area contributed by atoms with E-state index in [1.165, 1.54) is 6.42 Å². The van der Waals surface area contributed by atoms with Gasteiger partial charge in [0.15, 0.2) is 0 Å². The van der Waals surface area contributed by atoms with E-state index in [1.807, 2.05) is 30.5 Å². The molecule has 2 aliphatic heterocycles. The van der Waals surface area contributed by atoms with E-state index in [9.17, 15) is 14.9 Å². The van der Waals surface area contributed by atoms with E-state index < -0.39 is 17.7 Å². The Labute approximate surface area is 179 Å². The smallest absolute Gasteiger partial charge is 0.258 e. The number of H-pyrrole nitrogens is 1. The number of hydrogen-bond donors (Lipinski definition) is 2. The Kier molecular flexibility index (Phi) is 5.82. The van der Waals surface area contributed by atoms with Crippen LogP contribution in [-0.2, 0) is 4.79 Å². The molecule has 7 nitrogen and oxygen atoms in total. The summed E-state index contributed by atoms with van der Waals surface area (Å²) >= 11 is 1.61. The molecule has 0 aliphatic carbocycles. The first-order chi connectivity index (χ1) is 14.6. The zero-order valence-corrected chi connectivity index (χ0v) is 18.0. The van der Waals surface area contributed by atoms with Crippen molar-refractivity contribution in [2.24, 2.45) is 5.92 Å². The van der Waals surface area contributed by atoms with Crippen molar-refractivity contribution >= 4 is 29.4 Å². The molecule has 3 heterocycles. The number of carbonyl (C=O) groups is 1. The van der Waals surface area contributed by atoms with Crippen molar-refractivity contribution in [2.45, 2.75) is 49.5 Å². The van der Waals surface area contributed by atoms with Crippen molar-refractivity contribution < 1.29 is 4.79 Å².